The van der Waals surface area contributed by atoms with Crippen molar-refractivity contribution in [3.63, 3.8) is 0 Å². The highest BCUT2D eigenvalue weighted by atomic mass is 14.0. The second-order valence-electron chi connectivity index (χ2n) is 5.74. The number of allylic oxidation sites excluding steroid dienone is 2. The normalized spacial score (nSPS) is 11.5. The first-order valence-corrected chi connectivity index (χ1v) is 8.88. The van der Waals surface area contributed by atoms with Gasteiger partial charge in [0.25, 0.3) is 0 Å². The maximum atomic E-state index is 2.50. The highest BCUT2D eigenvalue weighted by molar-refractivity contribution is 4.81. The van der Waals surface area contributed by atoms with Gasteiger partial charge in [-0.15, -0.1) is 0 Å². The van der Waals surface area contributed by atoms with E-state index in [9.17, 15) is 0 Å². The maximum absolute atomic E-state index is 2.50. The zero-order valence-electron chi connectivity index (χ0n) is 13.6. The molecule has 0 aliphatic heterocycles. The highest BCUT2D eigenvalue weighted by Crippen LogP contribution is 2.10. The van der Waals surface area contributed by atoms with Crippen molar-refractivity contribution in [3.05, 3.63) is 18.6 Å². The molecule has 0 N–H and O–H groups in total. The third-order valence-electron chi connectivity index (χ3n) is 3.68. The smallest absolute Gasteiger partial charge is 0.0351 e. The molecule has 0 bridgehead atoms. The van der Waals surface area contributed by atoms with Gasteiger partial charge in [-0.25, -0.2) is 0 Å². The van der Waals surface area contributed by atoms with Crippen molar-refractivity contribution >= 4 is 0 Å². The van der Waals surface area contributed by atoms with Crippen molar-refractivity contribution in [1.29, 1.82) is 0 Å². The Morgan fingerprint density at radius 3 is 1.47 bits per heavy atom. The fourth-order valence-corrected chi connectivity index (χ4v) is 2.34. The van der Waals surface area contributed by atoms with E-state index in [0.717, 1.165) is 0 Å². The summed E-state index contributed by atoms with van der Waals surface area (Å²) in [4.78, 5) is 0. The quantitative estimate of drug-likeness (QED) is 0.216. The van der Waals surface area contributed by atoms with Gasteiger partial charge in [0.05, 0.1) is 0 Å². The fraction of sp³-hybridized carbons (Fsp3) is 0.842. The van der Waals surface area contributed by atoms with E-state index in [1.807, 2.05) is 0 Å². The third kappa shape index (κ3) is 17.7. The van der Waals surface area contributed by atoms with Crippen molar-refractivity contribution in [1.82, 2.24) is 0 Å². The van der Waals surface area contributed by atoms with E-state index < -0.39 is 0 Å². The first kappa shape index (κ1) is 18.7. The Kier molecular flexibility index (Phi) is 17.5. The fourth-order valence-electron chi connectivity index (χ4n) is 2.34. The lowest BCUT2D eigenvalue weighted by Gasteiger charge is -2.00. The molecule has 0 heterocycles. The summed E-state index contributed by atoms with van der Waals surface area (Å²) in [5.74, 6) is 0. The van der Waals surface area contributed by atoms with Gasteiger partial charge in [0.15, 0.2) is 0 Å². The van der Waals surface area contributed by atoms with E-state index in [1.165, 1.54) is 89.9 Å². The monoisotopic (exact) mass is 265 g/mol. The molecule has 0 heteroatoms. The molecule has 0 saturated carbocycles. The van der Waals surface area contributed by atoms with Gasteiger partial charge in [-0.05, 0) is 32.1 Å². The Hall–Kier alpha value is -0.260. The Bertz CT molecular complexity index is 169. The molecule has 0 amide bonds. The molecule has 0 unspecified atom stereocenters. The van der Waals surface area contributed by atoms with Crippen LogP contribution in [-0.2, 0) is 0 Å². The van der Waals surface area contributed by atoms with Crippen LogP contribution in [-0.4, -0.2) is 0 Å². The molecule has 1 radical (unpaired) electrons. The minimum atomic E-state index is 1.30. The molecule has 0 aromatic carbocycles. The van der Waals surface area contributed by atoms with Crippen LogP contribution in [0, 0.1) is 6.42 Å². The molecule has 0 rings (SSSR count). The zero-order chi connectivity index (χ0) is 14.0. The van der Waals surface area contributed by atoms with E-state index in [2.05, 4.69) is 32.4 Å². The summed E-state index contributed by atoms with van der Waals surface area (Å²) in [7, 11) is 0. The van der Waals surface area contributed by atoms with Crippen LogP contribution >= 0.6 is 0 Å². The Balaban J connectivity index is 2.99. The predicted molar refractivity (Wildman–Crippen MR) is 89.4 cm³/mol. The predicted octanol–water partition coefficient (Wildman–Crippen LogP) is 7.25. The molecule has 0 saturated heterocycles. The van der Waals surface area contributed by atoms with Crippen molar-refractivity contribution in [2.24, 2.45) is 0 Å². The zero-order valence-corrected chi connectivity index (χ0v) is 13.6. The maximum Gasteiger partial charge on any atom is -0.0351 e. The summed E-state index contributed by atoms with van der Waals surface area (Å²) in [5.41, 5.74) is 0. The second kappa shape index (κ2) is 17.7. The average Bonchev–Trinajstić information content (AvgIpc) is 2.43. The molecule has 0 spiro atoms. The lowest BCUT2D eigenvalue weighted by atomic mass is 10.1. The standard InChI is InChI=1S/C19H37/c1-3-5-7-9-11-13-15-17-19-18-16-14-12-10-8-6-4-2/h11,14,16H,3-10,12-13,15,17-19H2,1-2H3/b16-14+. The van der Waals surface area contributed by atoms with Gasteiger partial charge in [0.2, 0.25) is 0 Å². The van der Waals surface area contributed by atoms with Crippen LogP contribution in [0.4, 0.5) is 0 Å². The molecule has 0 nitrogen and oxygen atoms in total. The molecule has 0 fully saturated rings. The van der Waals surface area contributed by atoms with Crippen LogP contribution in [0.5, 0.6) is 0 Å². The topological polar surface area (TPSA) is 0 Å². The number of unbranched alkanes of at least 4 members (excludes halogenated alkanes) is 13. The Morgan fingerprint density at radius 2 is 0.895 bits per heavy atom. The van der Waals surface area contributed by atoms with Gasteiger partial charge in [0, 0.05) is 0 Å². The van der Waals surface area contributed by atoms with Gasteiger partial charge >= 0.3 is 0 Å². The van der Waals surface area contributed by atoms with Gasteiger partial charge in [-0.3, -0.25) is 0 Å². The average molecular weight is 266 g/mol. The summed E-state index contributed by atoms with van der Waals surface area (Å²) in [6.07, 6.45) is 26.4. The minimum Gasteiger partial charge on any atom is -0.0885 e. The first-order valence-electron chi connectivity index (χ1n) is 8.88. The van der Waals surface area contributed by atoms with E-state index >= 15 is 0 Å². The molecule has 0 aliphatic carbocycles. The van der Waals surface area contributed by atoms with Crippen LogP contribution in [0.15, 0.2) is 12.2 Å². The van der Waals surface area contributed by atoms with Crippen molar-refractivity contribution in [2.45, 2.75) is 104 Å². The molecule has 0 atom stereocenters. The third-order valence-corrected chi connectivity index (χ3v) is 3.68. The Labute approximate surface area is 123 Å². The van der Waals surface area contributed by atoms with E-state index in [4.69, 9.17) is 0 Å². The summed E-state index contributed by atoms with van der Waals surface area (Å²) in [6.45, 7) is 4.55. The molecule has 0 aromatic rings. The molecular weight excluding hydrogens is 228 g/mol. The SMILES string of the molecule is CCCCC[CH]CCCCC/C=C/CCCCCC. The van der Waals surface area contributed by atoms with Gasteiger partial charge in [0.1, 0.15) is 0 Å². The van der Waals surface area contributed by atoms with Crippen LogP contribution in [0.1, 0.15) is 104 Å². The molecule has 0 aromatic heterocycles. The summed E-state index contributed by atoms with van der Waals surface area (Å²) in [5, 5.41) is 0. The first-order chi connectivity index (χ1) is 9.41. The van der Waals surface area contributed by atoms with E-state index in [0.29, 0.717) is 0 Å². The molecule has 0 aliphatic rings. The molecule has 19 heavy (non-hydrogen) atoms. The van der Waals surface area contributed by atoms with E-state index in [-0.39, 0.29) is 0 Å². The molecular formula is C19H37. The summed E-state index contributed by atoms with van der Waals surface area (Å²) in [6, 6.07) is 0. The lowest BCUT2D eigenvalue weighted by molar-refractivity contribution is 0.641. The van der Waals surface area contributed by atoms with Crippen LogP contribution in [0.25, 0.3) is 0 Å². The van der Waals surface area contributed by atoms with Crippen LogP contribution < -0.4 is 0 Å². The second-order valence-corrected chi connectivity index (χ2v) is 5.74. The van der Waals surface area contributed by atoms with E-state index in [1.54, 1.807) is 0 Å². The van der Waals surface area contributed by atoms with Crippen molar-refractivity contribution < 1.29 is 0 Å². The van der Waals surface area contributed by atoms with Gasteiger partial charge < -0.3 is 0 Å². The summed E-state index contributed by atoms with van der Waals surface area (Å²) >= 11 is 0. The van der Waals surface area contributed by atoms with Crippen molar-refractivity contribution in [3.8, 4) is 0 Å². The van der Waals surface area contributed by atoms with Gasteiger partial charge in [-0.1, -0.05) is 90.2 Å². The number of hydrogen-bond acceptors (Lipinski definition) is 0. The minimum absolute atomic E-state index is 1.30. The van der Waals surface area contributed by atoms with Crippen molar-refractivity contribution in [2.75, 3.05) is 0 Å². The molecule has 113 valence electrons. The lowest BCUT2D eigenvalue weighted by Crippen LogP contribution is -1.81. The van der Waals surface area contributed by atoms with Crippen LogP contribution in [0.3, 0.4) is 0 Å². The largest absolute Gasteiger partial charge is 0.0885 e. The van der Waals surface area contributed by atoms with Crippen LogP contribution in [0.2, 0.25) is 0 Å². The number of hydrogen-bond donors (Lipinski definition) is 0. The Morgan fingerprint density at radius 1 is 0.474 bits per heavy atom. The van der Waals surface area contributed by atoms with Gasteiger partial charge in [-0.2, -0.15) is 0 Å². The summed E-state index contributed by atoms with van der Waals surface area (Å²) < 4.78 is 0. The number of rotatable bonds is 15. The highest BCUT2D eigenvalue weighted by Gasteiger charge is 1.91.